The van der Waals surface area contributed by atoms with Crippen molar-refractivity contribution >= 4 is 111 Å². The SMILES string of the molecule is Cn1nc2c(Br)c3nc4c(Cl)c(Cl)c(Cl)c(Cl)c4nc3c(Br)c2n1. The van der Waals surface area contributed by atoms with Crippen LogP contribution in [0.15, 0.2) is 8.95 Å². The smallest absolute Gasteiger partial charge is 0.130 e. The Balaban J connectivity index is 2.31. The summed E-state index contributed by atoms with van der Waals surface area (Å²) in [5, 5.41) is 9.32. The molecule has 0 saturated heterocycles. The number of hydrogen-bond donors (Lipinski definition) is 0. The highest BCUT2D eigenvalue weighted by Crippen LogP contribution is 2.44. The Kier molecular flexibility index (Phi) is 4.10. The van der Waals surface area contributed by atoms with Crippen molar-refractivity contribution in [3.05, 3.63) is 29.0 Å². The summed E-state index contributed by atoms with van der Waals surface area (Å²) in [6.07, 6.45) is 0. The Morgan fingerprint density at radius 1 is 0.625 bits per heavy atom. The van der Waals surface area contributed by atoms with Crippen molar-refractivity contribution in [3.8, 4) is 0 Å². The first kappa shape index (κ1) is 17.0. The molecule has 2 aromatic heterocycles. The van der Waals surface area contributed by atoms with Gasteiger partial charge in [-0.3, -0.25) is 0 Å². The number of rotatable bonds is 0. The molecule has 0 unspecified atom stereocenters. The minimum atomic E-state index is 0.139. The molecule has 11 heteroatoms. The van der Waals surface area contributed by atoms with E-state index in [4.69, 9.17) is 46.4 Å². The second kappa shape index (κ2) is 5.79. The van der Waals surface area contributed by atoms with Gasteiger partial charge in [0.25, 0.3) is 0 Å². The highest BCUT2D eigenvalue weighted by Gasteiger charge is 2.22. The number of nitrogens with zero attached hydrogens (tertiary/aromatic N) is 5. The van der Waals surface area contributed by atoms with Crippen molar-refractivity contribution < 1.29 is 0 Å². The minimum absolute atomic E-state index is 0.139. The molecule has 0 amide bonds. The Bertz CT molecular complexity index is 1100. The summed E-state index contributed by atoms with van der Waals surface area (Å²) in [4.78, 5) is 10.6. The van der Waals surface area contributed by atoms with Crippen LogP contribution in [0.2, 0.25) is 20.1 Å². The Hall–Kier alpha value is -0.440. The standard InChI is InChI=1S/C13H3Br2Cl4N5/c1-24-22-10-2(14)8-9(3(15)11(10)23-24)21-13-7(19)5(17)4(16)6(18)12(13)20-8/h1H3. The largest absolute Gasteiger partial charge is 0.241 e. The zero-order valence-electron chi connectivity index (χ0n) is 11.5. The first-order chi connectivity index (χ1) is 11.3. The fourth-order valence-corrected chi connectivity index (χ4v) is 4.38. The maximum atomic E-state index is 6.28. The van der Waals surface area contributed by atoms with Gasteiger partial charge in [0.2, 0.25) is 0 Å². The molecule has 0 atom stereocenters. The summed E-state index contributed by atoms with van der Waals surface area (Å²) < 4.78 is 1.30. The first-order valence-corrected chi connectivity index (χ1v) is 9.42. The van der Waals surface area contributed by atoms with Gasteiger partial charge in [0, 0.05) is 7.05 Å². The number of benzene rings is 2. The summed E-state index contributed by atoms with van der Waals surface area (Å²) in [6, 6.07) is 0. The van der Waals surface area contributed by atoms with E-state index in [1.165, 1.54) is 4.80 Å². The molecule has 24 heavy (non-hydrogen) atoms. The molecule has 0 saturated carbocycles. The van der Waals surface area contributed by atoms with Crippen LogP contribution in [0.4, 0.5) is 0 Å². The Morgan fingerprint density at radius 2 is 1.00 bits per heavy atom. The Labute approximate surface area is 171 Å². The predicted molar refractivity (Wildman–Crippen MR) is 105 cm³/mol. The quantitative estimate of drug-likeness (QED) is 0.154. The van der Waals surface area contributed by atoms with E-state index in [9.17, 15) is 0 Å². The van der Waals surface area contributed by atoms with Crippen LogP contribution >= 0.6 is 78.3 Å². The molecule has 0 spiro atoms. The third-order valence-corrected chi connectivity index (χ3v) is 6.72. The summed E-state index contributed by atoms with van der Waals surface area (Å²) >= 11 is 31.8. The fraction of sp³-hybridized carbons (Fsp3) is 0.0769. The lowest BCUT2D eigenvalue weighted by Crippen LogP contribution is -1.94. The molecule has 0 aliphatic rings. The van der Waals surface area contributed by atoms with Crippen molar-refractivity contribution in [2.24, 2.45) is 7.05 Å². The van der Waals surface area contributed by atoms with Crippen molar-refractivity contribution in [1.82, 2.24) is 25.0 Å². The van der Waals surface area contributed by atoms with Crippen LogP contribution in [-0.4, -0.2) is 25.0 Å². The average molecular weight is 531 g/mol. The maximum absolute atomic E-state index is 6.28. The van der Waals surface area contributed by atoms with Gasteiger partial charge in [-0.15, -0.1) is 0 Å². The number of halogens is 6. The number of aryl methyl sites for hydroxylation is 1. The highest BCUT2D eigenvalue weighted by molar-refractivity contribution is 9.11. The minimum Gasteiger partial charge on any atom is -0.241 e. The van der Waals surface area contributed by atoms with Gasteiger partial charge in [0.05, 0.1) is 29.0 Å². The zero-order chi connectivity index (χ0) is 17.3. The molecule has 122 valence electrons. The molecule has 4 aromatic rings. The van der Waals surface area contributed by atoms with Gasteiger partial charge in [-0.2, -0.15) is 15.0 Å². The summed E-state index contributed by atoms with van der Waals surface area (Å²) in [5.74, 6) is 0. The van der Waals surface area contributed by atoms with E-state index in [-0.39, 0.29) is 20.1 Å². The molecule has 0 bridgehead atoms. The summed E-state index contributed by atoms with van der Waals surface area (Å²) in [5.41, 5.74) is 3.12. The van der Waals surface area contributed by atoms with E-state index < -0.39 is 0 Å². The molecule has 0 fully saturated rings. The van der Waals surface area contributed by atoms with Gasteiger partial charge in [-0.25, -0.2) is 9.97 Å². The molecular weight excluding hydrogens is 528 g/mol. The highest BCUT2D eigenvalue weighted by atomic mass is 79.9. The third kappa shape index (κ3) is 2.26. The van der Waals surface area contributed by atoms with Crippen LogP contribution in [0.5, 0.6) is 0 Å². The van der Waals surface area contributed by atoms with Crippen molar-refractivity contribution in [1.29, 1.82) is 0 Å². The lowest BCUT2D eigenvalue weighted by atomic mass is 10.2. The molecule has 5 nitrogen and oxygen atoms in total. The molecule has 0 radical (unpaired) electrons. The van der Waals surface area contributed by atoms with E-state index >= 15 is 0 Å². The van der Waals surface area contributed by atoms with Crippen molar-refractivity contribution in [2.75, 3.05) is 0 Å². The van der Waals surface area contributed by atoms with Crippen LogP contribution < -0.4 is 0 Å². The van der Waals surface area contributed by atoms with Crippen LogP contribution in [0.3, 0.4) is 0 Å². The van der Waals surface area contributed by atoms with Gasteiger partial charge in [-0.05, 0) is 31.9 Å². The zero-order valence-corrected chi connectivity index (χ0v) is 17.7. The van der Waals surface area contributed by atoms with Gasteiger partial charge in [0.15, 0.2) is 0 Å². The molecule has 0 aliphatic carbocycles. The van der Waals surface area contributed by atoms with Crippen molar-refractivity contribution in [2.45, 2.75) is 0 Å². The van der Waals surface area contributed by atoms with E-state index in [0.29, 0.717) is 42.0 Å². The van der Waals surface area contributed by atoms with Gasteiger partial charge in [0.1, 0.15) is 33.1 Å². The van der Waals surface area contributed by atoms with Gasteiger partial charge < -0.3 is 0 Å². The van der Waals surface area contributed by atoms with Gasteiger partial charge in [-0.1, -0.05) is 46.4 Å². The van der Waals surface area contributed by atoms with Crippen LogP contribution in [0.1, 0.15) is 0 Å². The van der Waals surface area contributed by atoms with Crippen LogP contribution in [0.25, 0.3) is 33.1 Å². The predicted octanol–water partition coefficient (Wildman–Crippen LogP) is 6.20. The van der Waals surface area contributed by atoms with Crippen molar-refractivity contribution in [3.63, 3.8) is 0 Å². The lowest BCUT2D eigenvalue weighted by Gasteiger charge is -2.10. The molecule has 0 aliphatic heterocycles. The lowest BCUT2D eigenvalue weighted by molar-refractivity contribution is 0.665. The average Bonchev–Trinajstić information content (AvgIpc) is 2.97. The first-order valence-electron chi connectivity index (χ1n) is 6.32. The second-order valence-electron chi connectivity index (χ2n) is 4.89. The number of fused-ring (bicyclic) bond motifs is 3. The molecule has 0 N–H and O–H groups in total. The molecule has 4 rings (SSSR count). The number of hydrogen-bond acceptors (Lipinski definition) is 4. The summed E-state index contributed by atoms with van der Waals surface area (Å²) in [7, 11) is 1.73. The normalized spacial score (nSPS) is 12.0. The van der Waals surface area contributed by atoms with E-state index in [0.717, 1.165) is 0 Å². The van der Waals surface area contributed by atoms with E-state index in [1.807, 2.05) is 0 Å². The maximum Gasteiger partial charge on any atom is 0.130 e. The fourth-order valence-electron chi connectivity index (χ4n) is 2.37. The molecular formula is C13H3Br2Cl4N5. The molecule has 2 aromatic carbocycles. The summed E-state index contributed by atoms with van der Waals surface area (Å²) in [6.45, 7) is 0. The van der Waals surface area contributed by atoms with Crippen LogP contribution in [0, 0.1) is 0 Å². The number of aromatic nitrogens is 5. The monoisotopic (exact) mass is 527 g/mol. The van der Waals surface area contributed by atoms with E-state index in [1.54, 1.807) is 7.05 Å². The topological polar surface area (TPSA) is 56.5 Å². The second-order valence-corrected chi connectivity index (χ2v) is 7.99. The van der Waals surface area contributed by atoms with E-state index in [2.05, 4.69) is 52.0 Å². The van der Waals surface area contributed by atoms with Crippen LogP contribution in [-0.2, 0) is 7.05 Å². The third-order valence-electron chi connectivity index (χ3n) is 3.44. The molecule has 2 heterocycles. The Morgan fingerprint density at radius 3 is 1.38 bits per heavy atom. The van der Waals surface area contributed by atoms with Gasteiger partial charge >= 0.3 is 0 Å².